The topological polar surface area (TPSA) is 0 Å². The van der Waals surface area contributed by atoms with Crippen LogP contribution in [0.1, 0.15) is 0 Å². The fraction of sp³-hybridized carbons (Fsp3) is 0. The van der Waals surface area contributed by atoms with Crippen LogP contribution in [0.2, 0.25) is 0 Å². The molecule has 0 saturated carbocycles. The van der Waals surface area contributed by atoms with Gasteiger partial charge >= 0.3 is 37.7 Å². The number of rotatable bonds is 0. The zero-order chi connectivity index (χ0) is 0. The minimum Gasteiger partial charge on any atom is -0.0149 e. The molecule has 0 spiro atoms. The Balaban J connectivity index is 0. The first-order valence-electron chi connectivity index (χ1n) is 0. The van der Waals surface area contributed by atoms with Gasteiger partial charge in [0.25, 0.3) is 0 Å². The minimum absolute atomic E-state index is 0. The zero-order valence-electron chi connectivity index (χ0n) is 0.710. The zero-order valence-corrected chi connectivity index (χ0v) is 2.93. The molecule has 0 aromatic carbocycles. The maximum Gasteiger partial charge on any atom is 0 e. The predicted molar refractivity (Wildman–Crippen MR) is 19.9 cm³/mol. The molecule has 0 aliphatic carbocycles. The van der Waals surface area contributed by atoms with E-state index in [9.17, 15) is 0 Å². The first-order chi connectivity index (χ1) is 0. The Morgan fingerprint density at radius 1 is 1.00 bits per heavy atom. The largest absolute Gasteiger partial charge is 0.0149 e. The van der Waals surface area contributed by atoms with Gasteiger partial charge in [0.2, 0.25) is 0 Å². The summed E-state index contributed by atoms with van der Waals surface area (Å²) in [4.78, 5) is 0. The molecule has 29 valence electrons. The van der Waals surface area contributed by atoms with Crippen LogP contribution in [-0.4, -0.2) is 48.7 Å². The molecule has 0 amide bonds. The van der Waals surface area contributed by atoms with Crippen LogP contribution in [0.5, 0.6) is 0 Å². The van der Waals surface area contributed by atoms with Crippen molar-refractivity contribution >= 4 is 48.7 Å². The molecule has 0 unspecified atom stereocenters. The summed E-state index contributed by atoms with van der Waals surface area (Å²) in [7, 11) is 0. The van der Waals surface area contributed by atoms with Crippen LogP contribution < -0.4 is 0 Å². The van der Waals surface area contributed by atoms with Gasteiger partial charge in [-0.05, 0) is 11.0 Å². The van der Waals surface area contributed by atoms with Crippen LogP contribution in [0.3, 0.4) is 0 Å². The third kappa shape index (κ3) is 8.82. The first kappa shape index (κ1) is 31.2. The van der Waals surface area contributed by atoms with E-state index in [1.165, 1.54) is 0 Å². The fourth-order valence-corrected chi connectivity index (χ4v) is 0. The molecule has 0 bridgehead atoms. The van der Waals surface area contributed by atoms with Crippen LogP contribution in [0, 0.1) is 0 Å². The molecule has 0 N–H and O–H groups in total. The average molecular weight is 190 g/mol. The third-order valence-corrected chi connectivity index (χ3v) is 0. The molecule has 0 fully saturated rings. The van der Waals surface area contributed by atoms with E-state index in [4.69, 9.17) is 0 Å². The van der Waals surface area contributed by atoms with Gasteiger partial charge in [-0.1, -0.05) is 0 Å². The molecule has 0 rings (SSSR count). The van der Waals surface area contributed by atoms with Gasteiger partial charge in [-0.2, -0.15) is 0 Å². The molecule has 4 heavy (non-hydrogen) atoms. The van der Waals surface area contributed by atoms with Gasteiger partial charge in [0.15, 0.2) is 0 Å². The van der Waals surface area contributed by atoms with Crippen LogP contribution in [-0.2, 0) is 34.4 Å². The molecule has 0 aromatic heterocycles. The number of hydrogen-bond donors (Lipinski definition) is 0. The van der Waals surface area contributed by atoms with E-state index >= 15 is 0 Å². The van der Waals surface area contributed by atoms with Crippen LogP contribution in [0.15, 0.2) is 0 Å². The van der Waals surface area contributed by atoms with E-state index in [0.29, 0.717) is 0 Å². The van der Waals surface area contributed by atoms with Gasteiger partial charge in [0.1, 0.15) is 0 Å². The monoisotopic (exact) mass is 189 g/mol. The Morgan fingerprint density at radius 3 is 1.00 bits per heavy atom. The molecule has 4 heteroatoms. The van der Waals surface area contributed by atoms with Crippen molar-refractivity contribution in [3.63, 3.8) is 0 Å². The van der Waals surface area contributed by atoms with E-state index in [-0.39, 0.29) is 83.1 Å². The number of hydrogen-bond acceptors (Lipinski definition) is 0. The van der Waals surface area contributed by atoms with Gasteiger partial charge in [0.05, 0.1) is 0 Å². The van der Waals surface area contributed by atoms with Crippen molar-refractivity contribution in [3.8, 4) is 0 Å². The summed E-state index contributed by atoms with van der Waals surface area (Å²) in [6, 6.07) is 0. The molecular formula is H6CaCrCuSi. The maximum absolute atomic E-state index is 0. The minimum atomic E-state index is 0. The van der Waals surface area contributed by atoms with Crippen LogP contribution >= 0.6 is 0 Å². The third-order valence-electron chi connectivity index (χ3n) is 0. The first-order valence-corrected chi connectivity index (χ1v) is 0. The summed E-state index contributed by atoms with van der Waals surface area (Å²) in [5.41, 5.74) is 0. The van der Waals surface area contributed by atoms with Crippen molar-refractivity contribution in [2.24, 2.45) is 0 Å². The van der Waals surface area contributed by atoms with Gasteiger partial charge in [-0.15, -0.1) is 0 Å². The standard InChI is InChI=1S/Ca.Cr.Cu.H4Si.2H/h;;;1H4;;. The molecule has 0 nitrogen and oxygen atoms in total. The van der Waals surface area contributed by atoms with E-state index in [1.54, 1.807) is 0 Å². The van der Waals surface area contributed by atoms with Crippen LogP contribution in [0.4, 0.5) is 0 Å². The Kier molecular flexibility index (Phi) is 138. The van der Waals surface area contributed by atoms with Gasteiger partial charge in [0, 0.05) is 34.4 Å². The molecule has 0 heterocycles. The summed E-state index contributed by atoms with van der Waals surface area (Å²) >= 11 is 0. The summed E-state index contributed by atoms with van der Waals surface area (Å²) < 4.78 is 0. The van der Waals surface area contributed by atoms with Crippen molar-refractivity contribution in [1.82, 2.24) is 0 Å². The molecule has 0 aromatic rings. The van der Waals surface area contributed by atoms with E-state index in [0.717, 1.165) is 0 Å². The summed E-state index contributed by atoms with van der Waals surface area (Å²) in [6.07, 6.45) is 0. The SMILES string of the molecule is [CaH2].[Cr].[Cu].[SiH4]. The van der Waals surface area contributed by atoms with E-state index in [1.807, 2.05) is 0 Å². The Morgan fingerprint density at radius 2 is 1.00 bits per heavy atom. The van der Waals surface area contributed by atoms with Crippen molar-refractivity contribution in [2.75, 3.05) is 0 Å². The van der Waals surface area contributed by atoms with Crippen molar-refractivity contribution < 1.29 is 34.4 Å². The second kappa shape index (κ2) is 17.7. The Labute approximate surface area is 81.7 Å². The van der Waals surface area contributed by atoms with Gasteiger partial charge < -0.3 is 0 Å². The quantitative estimate of drug-likeness (QED) is 0.374. The molecule has 0 aliphatic rings. The summed E-state index contributed by atoms with van der Waals surface area (Å²) in [6.45, 7) is 0. The second-order valence-electron chi connectivity index (χ2n) is 0. The molecule has 1 radical (unpaired) electrons. The molecule has 0 atom stereocenters. The molecule has 0 aliphatic heterocycles. The van der Waals surface area contributed by atoms with Gasteiger partial charge in [-0.25, -0.2) is 0 Å². The van der Waals surface area contributed by atoms with Crippen molar-refractivity contribution in [1.29, 1.82) is 0 Å². The molecule has 0 saturated heterocycles. The van der Waals surface area contributed by atoms with E-state index in [2.05, 4.69) is 0 Å². The smallest absolute Gasteiger partial charge is 0 e. The summed E-state index contributed by atoms with van der Waals surface area (Å²) in [5.74, 6) is 0. The normalized spacial score (nSPS) is 0. The Hall–Kier alpha value is 2.53. The average Bonchev–Trinajstić information content (AvgIpc) is 0. The second-order valence-corrected chi connectivity index (χ2v) is 0. The van der Waals surface area contributed by atoms with Crippen LogP contribution in [0.25, 0.3) is 0 Å². The maximum atomic E-state index is 0. The van der Waals surface area contributed by atoms with Crippen molar-refractivity contribution in [3.05, 3.63) is 0 Å². The fourth-order valence-electron chi connectivity index (χ4n) is 0. The molecular weight excluding hydrogens is 184 g/mol. The van der Waals surface area contributed by atoms with E-state index < -0.39 is 0 Å². The Bertz CT molecular complexity index is 8.00. The summed E-state index contributed by atoms with van der Waals surface area (Å²) in [5, 5.41) is 0. The van der Waals surface area contributed by atoms with Gasteiger partial charge in [-0.3, -0.25) is 0 Å². The van der Waals surface area contributed by atoms with Crippen molar-refractivity contribution in [2.45, 2.75) is 0 Å². The predicted octanol–water partition coefficient (Wildman–Crippen LogP) is -2.37.